The highest BCUT2D eigenvalue weighted by atomic mass is 19.4. The number of nitrogens with one attached hydrogen (secondary N) is 1. The number of alkyl halides is 3. The molecular formula is C16H14F4N2O2. The second-order valence-corrected chi connectivity index (χ2v) is 5.30. The molecule has 0 saturated carbocycles. The first-order valence-corrected chi connectivity index (χ1v) is 7.24. The highest BCUT2D eigenvalue weighted by Crippen LogP contribution is 2.37. The van der Waals surface area contributed by atoms with Gasteiger partial charge in [-0.15, -0.1) is 0 Å². The van der Waals surface area contributed by atoms with Gasteiger partial charge in [0, 0.05) is 13.1 Å². The number of aromatic nitrogens is 1. The molecule has 3 rings (SSSR count). The van der Waals surface area contributed by atoms with Gasteiger partial charge >= 0.3 is 6.18 Å². The van der Waals surface area contributed by atoms with Gasteiger partial charge in [0.15, 0.2) is 0 Å². The number of ether oxygens (including phenoxy) is 2. The van der Waals surface area contributed by atoms with Crippen LogP contribution in [-0.2, 0) is 17.5 Å². The van der Waals surface area contributed by atoms with E-state index in [1.807, 2.05) is 0 Å². The van der Waals surface area contributed by atoms with Gasteiger partial charge in [0.2, 0.25) is 5.88 Å². The van der Waals surface area contributed by atoms with Gasteiger partial charge < -0.3 is 14.8 Å². The minimum absolute atomic E-state index is 0.0376. The molecule has 0 atom stereocenters. The zero-order valence-corrected chi connectivity index (χ0v) is 12.4. The Bertz CT molecular complexity index is 700. The first kappa shape index (κ1) is 16.7. The Morgan fingerprint density at radius 1 is 1.08 bits per heavy atom. The fourth-order valence-electron chi connectivity index (χ4n) is 2.05. The van der Waals surface area contributed by atoms with Crippen molar-refractivity contribution in [2.45, 2.75) is 18.9 Å². The van der Waals surface area contributed by atoms with Crippen molar-refractivity contribution in [2.75, 3.05) is 13.1 Å². The van der Waals surface area contributed by atoms with Crippen LogP contribution in [0.2, 0.25) is 0 Å². The number of nitrogens with zero attached hydrogens (tertiary/aromatic N) is 1. The van der Waals surface area contributed by atoms with Crippen LogP contribution >= 0.6 is 0 Å². The standard InChI is InChI=1S/C16H14F4N2O2/c17-10-1-4-12(5-2-10)24-15-14(16(18,19)20)6-3-11(22-15)9-23-13-7-21-8-13/h1-6,13,21H,7-9H2. The maximum atomic E-state index is 13.1. The van der Waals surface area contributed by atoms with E-state index in [2.05, 4.69) is 10.3 Å². The van der Waals surface area contributed by atoms with Crippen LogP contribution in [0.1, 0.15) is 11.3 Å². The van der Waals surface area contributed by atoms with Crippen LogP contribution in [0.3, 0.4) is 0 Å². The molecule has 1 saturated heterocycles. The van der Waals surface area contributed by atoms with E-state index in [0.29, 0.717) is 18.8 Å². The molecule has 1 aliphatic heterocycles. The normalized spacial score (nSPS) is 15.2. The van der Waals surface area contributed by atoms with Gasteiger partial charge in [-0.25, -0.2) is 9.37 Å². The van der Waals surface area contributed by atoms with Crippen molar-refractivity contribution in [3.8, 4) is 11.6 Å². The van der Waals surface area contributed by atoms with E-state index in [4.69, 9.17) is 9.47 Å². The molecule has 8 heteroatoms. The van der Waals surface area contributed by atoms with Crippen molar-refractivity contribution in [2.24, 2.45) is 0 Å². The summed E-state index contributed by atoms with van der Waals surface area (Å²) in [6.07, 6.45) is -4.57. The summed E-state index contributed by atoms with van der Waals surface area (Å²) in [4.78, 5) is 3.91. The van der Waals surface area contributed by atoms with Crippen LogP contribution in [0.25, 0.3) is 0 Å². The lowest BCUT2D eigenvalue weighted by Crippen LogP contribution is -2.48. The number of halogens is 4. The molecule has 4 nitrogen and oxygen atoms in total. The van der Waals surface area contributed by atoms with Crippen LogP contribution in [0, 0.1) is 5.82 Å². The SMILES string of the molecule is Fc1ccc(Oc2nc(COC3CNC3)ccc2C(F)(F)F)cc1. The summed E-state index contributed by atoms with van der Waals surface area (Å²) < 4.78 is 62.9. The van der Waals surface area contributed by atoms with E-state index in [-0.39, 0.29) is 18.5 Å². The predicted octanol–water partition coefficient (Wildman–Crippen LogP) is 3.52. The number of hydrogen-bond acceptors (Lipinski definition) is 4. The molecule has 0 unspecified atom stereocenters. The predicted molar refractivity (Wildman–Crippen MR) is 77.2 cm³/mol. The first-order valence-electron chi connectivity index (χ1n) is 7.24. The number of benzene rings is 1. The summed E-state index contributed by atoms with van der Waals surface area (Å²) in [5.74, 6) is -1.03. The maximum Gasteiger partial charge on any atom is 0.421 e. The van der Waals surface area contributed by atoms with Crippen molar-refractivity contribution in [3.63, 3.8) is 0 Å². The molecule has 128 valence electrons. The van der Waals surface area contributed by atoms with E-state index >= 15 is 0 Å². The number of hydrogen-bond donors (Lipinski definition) is 1. The van der Waals surface area contributed by atoms with Crippen LogP contribution in [0.4, 0.5) is 17.6 Å². The van der Waals surface area contributed by atoms with Crippen molar-refractivity contribution < 1.29 is 27.0 Å². The fraction of sp³-hybridized carbons (Fsp3) is 0.312. The van der Waals surface area contributed by atoms with Crippen molar-refractivity contribution in [1.82, 2.24) is 10.3 Å². The first-order chi connectivity index (χ1) is 11.4. The van der Waals surface area contributed by atoms with E-state index in [1.54, 1.807) is 0 Å². The molecule has 0 radical (unpaired) electrons. The fourth-order valence-corrected chi connectivity index (χ4v) is 2.05. The third-order valence-corrected chi connectivity index (χ3v) is 3.46. The molecule has 0 aliphatic carbocycles. The second-order valence-electron chi connectivity index (χ2n) is 5.30. The molecule has 0 bridgehead atoms. The Morgan fingerprint density at radius 3 is 2.38 bits per heavy atom. The minimum Gasteiger partial charge on any atom is -0.438 e. The Labute approximate surface area is 135 Å². The quantitative estimate of drug-likeness (QED) is 0.845. The lowest BCUT2D eigenvalue weighted by Gasteiger charge is -2.27. The van der Waals surface area contributed by atoms with Crippen molar-refractivity contribution >= 4 is 0 Å². The summed E-state index contributed by atoms with van der Waals surface area (Å²) in [5, 5.41) is 3.03. The summed E-state index contributed by atoms with van der Waals surface area (Å²) in [6, 6.07) is 6.83. The lowest BCUT2D eigenvalue weighted by molar-refractivity contribution is -0.138. The summed E-state index contributed by atoms with van der Waals surface area (Å²) in [7, 11) is 0. The lowest BCUT2D eigenvalue weighted by atomic mass is 10.2. The Morgan fingerprint density at radius 2 is 1.79 bits per heavy atom. The molecule has 1 N–H and O–H groups in total. The average Bonchev–Trinajstić information content (AvgIpc) is 2.47. The Hall–Kier alpha value is -2.19. The highest BCUT2D eigenvalue weighted by Gasteiger charge is 2.35. The Kier molecular flexibility index (Phi) is 4.68. The molecule has 1 aromatic carbocycles. The van der Waals surface area contributed by atoms with E-state index in [9.17, 15) is 17.6 Å². The summed E-state index contributed by atoms with van der Waals surface area (Å²) in [5.41, 5.74) is -0.673. The van der Waals surface area contributed by atoms with Gasteiger partial charge in [-0.1, -0.05) is 0 Å². The van der Waals surface area contributed by atoms with Gasteiger partial charge in [0.25, 0.3) is 0 Å². The molecule has 0 amide bonds. The summed E-state index contributed by atoms with van der Waals surface area (Å²) in [6.45, 7) is 1.50. The summed E-state index contributed by atoms with van der Waals surface area (Å²) >= 11 is 0. The van der Waals surface area contributed by atoms with Gasteiger partial charge in [-0.3, -0.25) is 0 Å². The monoisotopic (exact) mass is 342 g/mol. The van der Waals surface area contributed by atoms with Crippen LogP contribution in [0.15, 0.2) is 36.4 Å². The highest BCUT2D eigenvalue weighted by molar-refractivity contribution is 5.35. The van der Waals surface area contributed by atoms with Crippen LogP contribution in [0.5, 0.6) is 11.6 Å². The van der Waals surface area contributed by atoms with Crippen LogP contribution < -0.4 is 10.1 Å². The van der Waals surface area contributed by atoms with Crippen LogP contribution in [-0.4, -0.2) is 24.2 Å². The molecule has 2 aromatic rings. The molecule has 1 aromatic heterocycles. The molecule has 1 aliphatic rings. The largest absolute Gasteiger partial charge is 0.438 e. The van der Waals surface area contributed by atoms with E-state index < -0.39 is 23.4 Å². The van der Waals surface area contributed by atoms with Gasteiger partial charge in [0.1, 0.15) is 17.1 Å². The van der Waals surface area contributed by atoms with Crippen molar-refractivity contribution in [3.05, 3.63) is 53.5 Å². The smallest absolute Gasteiger partial charge is 0.421 e. The van der Waals surface area contributed by atoms with Gasteiger partial charge in [-0.2, -0.15) is 13.2 Å². The third kappa shape index (κ3) is 4.01. The zero-order chi connectivity index (χ0) is 17.2. The van der Waals surface area contributed by atoms with Crippen molar-refractivity contribution in [1.29, 1.82) is 0 Å². The number of pyridine rings is 1. The zero-order valence-electron chi connectivity index (χ0n) is 12.4. The molecule has 1 fully saturated rings. The molecule has 24 heavy (non-hydrogen) atoms. The second kappa shape index (κ2) is 6.74. The number of rotatable bonds is 5. The average molecular weight is 342 g/mol. The van der Waals surface area contributed by atoms with E-state index in [0.717, 1.165) is 18.2 Å². The third-order valence-electron chi connectivity index (χ3n) is 3.46. The molecular weight excluding hydrogens is 328 g/mol. The van der Waals surface area contributed by atoms with Gasteiger partial charge in [0.05, 0.1) is 18.4 Å². The maximum absolute atomic E-state index is 13.1. The molecule has 0 spiro atoms. The molecule has 2 heterocycles. The Balaban J connectivity index is 1.82. The van der Waals surface area contributed by atoms with E-state index in [1.165, 1.54) is 18.2 Å². The minimum atomic E-state index is -4.61. The van der Waals surface area contributed by atoms with Gasteiger partial charge in [-0.05, 0) is 36.4 Å². The topological polar surface area (TPSA) is 43.4 Å².